The summed E-state index contributed by atoms with van der Waals surface area (Å²) in [5.74, 6) is 0.336. The molecule has 0 amide bonds. The van der Waals surface area contributed by atoms with Crippen molar-refractivity contribution in [1.82, 2.24) is 0 Å². The average Bonchev–Trinajstić information content (AvgIpc) is 3.52. The Bertz CT molecular complexity index is 1720. The van der Waals surface area contributed by atoms with Crippen molar-refractivity contribution in [3.05, 3.63) is 36.5 Å². The third-order valence-electron chi connectivity index (χ3n) is 16.2. The molecule has 10 aliphatic heterocycles. The van der Waals surface area contributed by atoms with Crippen LogP contribution in [0.5, 0.6) is 0 Å². The quantitative estimate of drug-likeness (QED) is 0.155. The van der Waals surface area contributed by atoms with Gasteiger partial charge in [0.05, 0.1) is 103 Å². The molecular weight excluding hydrogens is 797 g/mol. The maximum absolute atomic E-state index is 12.3. The third-order valence-corrected chi connectivity index (χ3v) is 16.2. The Hall–Kier alpha value is -2.04. The van der Waals surface area contributed by atoms with Crippen molar-refractivity contribution >= 4 is 12.3 Å². The predicted molar refractivity (Wildman–Crippen MR) is 224 cm³/mol. The number of carbonyl (C=O) groups is 2. The predicted octanol–water partition coefficient (Wildman–Crippen LogP) is 5.95. The normalized spacial score (nSPS) is 53.8. The molecular formula is C49H70O13. The Morgan fingerprint density at radius 3 is 2.26 bits per heavy atom. The summed E-state index contributed by atoms with van der Waals surface area (Å²) in [6.07, 6.45) is 15.7. The molecule has 8 fully saturated rings. The fourth-order valence-corrected chi connectivity index (χ4v) is 13.2. The number of esters is 1. The van der Waals surface area contributed by atoms with Gasteiger partial charge in [-0.3, -0.25) is 9.59 Å². The third kappa shape index (κ3) is 8.71. The summed E-state index contributed by atoms with van der Waals surface area (Å²) in [5, 5.41) is 11.2. The van der Waals surface area contributed by atoms with Gasteiger partial charge in [0.1, 0.15) is 30.7 Å². The number of aliphatic hydroxyl groups excluding tert-OH is 1. The molecule has 0 radical (unpaired) electrons. The molecule has 0 spiro atoms. The average molecular weight is 867 g/mol. The topological polar surface area (TPSA) is 147 Å². The maximum Gasteiger partial charge on any atom is 0.308 e. The first kappa shape index (κ1) is 43.8. The van der Waals surface area contributed by atoms with Crippen LogP contribution in [-0.2, 0) is 57.0 Å². The van der Waals surface area contributed by atoms with E-state index in [1.807, 2.05) is 0 Å². The molecule has 0 bridgehead atoms. The van der Waals surface area contributed by atoms with Crippen LogP contribution < -0.4 is 0 Å². The molecule has 10 aliphatic rings. The second-order valence-corrected chi connectivity index (χ2v) is 21.2. The first-order chi connectivity index (χ1) is 29.8. The standard InChI is InChI=1S/C49H70O13/c1-26-17-36-39(22-45(52)58-36)57-44-21-38-40(62-48(44,4)23-26)18-28(3)46-35(55-38)11-7-6-10-31-32(59-46)12-8-14-34-33(54-31)13-9-15-43-49(5,61-34)24-42-37(56-43)20-41-47(60-42)30(51)19-29(53-41)16-27(2)25-50/h6-8,14,25-26,28-44,46-47,51H,2,9-13,15-24H2,1,3-5H3/b7-6-,14-8-/t26-,28+,29-,30+,31-,32+,33+,34-,35+,36+,37+,38-,39-,40+,41-,42-,43-,44+,46-,47+,48-,49+/m1/s1. The minimum atomic E-state index is -0.697. The van der Waals surface area contributed by atoms with E-state index in [2.05, 4.69) is 58.6 Å². The zero-order valence-electron chi connectivity index (χ0n) is 37.1. The molecule has 344 valence electrons. The first-order valence-corrected chi connectivity index (χ1v) is 24.1. The van der Waals surface area contributed by atoms with Crippen molar-refractivity contribution in [2.75, 3.05) is 0 Å². The van der Waals surface area contributed by atoms with Crippen LogP contribution in [0.25, 0.3) is 0 Å². The smallest absolute Gasteiger partial charge is 0.308 e. The van der Waals surface area contributed by atoms with Crippen LogP contribution >= 0.6 is 0 Å². The zero-order valence-corrected chi connectivity index (χ0v) is 37.1. The molecule has 0 aromatic rings. The molecule has 0 aromatic heterocycles. The molecule has 0 aliphatic carbocycles. The largest absolute Gasteiger partial charge is 0.459 e. The van der Waals surface area contributed by atoms with Gasteiger partial charge in [-0.2, -0.15) is 0 Å². The Morgan fingerprint density at radius 1 is 0.694 bits per heavy atom. The van der Waals surface area contributed by atoms with Crippen molar-refractivity contribution in [2.45, 2.75) is 245 Å². The number of carbonyl (C=O) groups excluding carboxylic acids is 2. The lowest BCUT2D eigenvalue weighted by atomic mass is 9.78. The van der Waals surface area contributed by atoms with Gasteiger partial charge in [-0.05, 0) is 89.0 Å². The summed E-state index contributed by atoms with van der Waals surface area (Å²) in [7, 11) is 0. The van der Waals surface area contributed by atoms with Crippen molar-refractivity contribution < 1.29 is 62.1 Å². The minimum absolute atomic E-state index is 0.0861. The van der Waals surface area contributed by atoms with E-state index in [-0.39, 0.29) is 110 Å². The van der Waals surface area contributed by atoms with Gasteiger partial charge in [0.25, 0.3) is 0 Å². The van der Waals surface area contributed by atoms with Crippen molar-refractivity contribution in [1.29, 1.82) is 0 Å². The fraction of sp³-hybridized carbons (Fsp3) is 0.837. The molecule has 0 unspecified atom stereocenters. The van der Waals surface area contributed by atoms with Crippen LogP contribution in [0.4, 0.5) is 0 Å². The van der Waals surface area contributed by atoms with E-state index in [1.54, 1.807) is 0 Å². The number of hydrogen-bond donors (Lipinski definition) is 1. The van der Waals surface area contributed by atoms with Gasteiger partial charge in [0, 0.05) is 32.1 Å². The summed E-state index contributed by atoms with van der Waals surface area (Å²) in [6.45, 7) is 12.7. The van der Waals surface area contributed by atoms with Crippen LogP contribution in [-0.4, -0.2) is 138 Å². The van der Waals surface area contributed by atoms with Gasteiger partial charge in [-0.15, -0.1) is 0 Å². The van der Waals surface area contributed by atoms with Gasteiger partial charge >= 0.3 is 5.97 Å². The SMILES string of the molecule is C=C(C=O)C[C@@H]1C[C@H](O)[C@@H]2O[C@@H]3C[C@]4(C)O[C@@H]5/C=C\C[C@@H]6O[C@H]7[C@H](C/C=C\C[C@H]6O[C@H]5CCC[C@H]4O[C@H]3C[C@H]2O1)O[C@@H]1C[C@@H]2O[C@@H]3CC(=O)O[C@H]3C[C@@H](C)C[C@@]2(C)O[C@H]1C[C@@H]7C. The summed E-state index contributed by atoms with van der Waals surface area (Å²) < 4.78 is 68.1. The molecule has 13 nitrogen and oxygen atoms in total. The molecule has 13 heteroatoms. The van der Waals surface area contributed by atoms with E-state index in [0.717, 1.165) is 57.7 Å². The fourth-order valence-electron chi connectivity index (χ4n) is 13.2. The summed E-state index contributed by atoms with van der Waals surface area (Å²) in [6, 6.07) is 0. The van der Waals surface area contributed by atoms with Crippen molar-refractivity contribution in [3.63, 3.8) is 0 Å². The minimum Gasteiger partial charge on any atom is -0.459 e. The number of hydrogen-bond acceptors (Lipinski definition) is 13. The zero-order chi connectivity index (χ0) is 42.9. The van der Waals surface area contributed by atoms with E-state index in [0.29, 0.717) is 56.4 Å². The maximum atomic E-state index is 12.3. The molecule has 10 heterocycles. The lowest BCUT2D eigenvalue weighted by Gasteiger charge is -2.55. The highest BCUT2D eigenvalue weighted by Crippen LogP contribution is 2.48. The van der Waals surface area contributed by atoms with Gasteiger partial charge in [-0.25, -0.2) is 0 Å². The lowest BCUT2D eigenvalue weighted by molar-refractivity contribution is -0.316. The molecule has 10 rings (SSSR count). The lowest BCUT2D eigenvalue weighted by Crippen LogP contribution is -2.65. The molecule has 62 heavy (non-hydrogen) atoms. The molecule has 0 saturated carbocycles. The van der Waals surface area contributed by atoms with E-state index in [1.165, 1.54) is 0 Å². The van der Waals surface area contributed by atoms with E-state index >= 15 is 0 Å². The number of rotatable bonds is 3. The summed E-state index contributed by atoms with van der Waals surface area (Å²) in [4.78, 5) is 23.6. The van der Waals surface area contributed by atoms with Gasteiger partial charge in [-0.1, -0.05) is 44.7 Å². The molecule has 1 N–H and O–H groups in total. The van der Waals surface area contributed by atoms with Crippen molar-refractivity contribution in [3.8, 4) is 0 Å². The number of ether oxygens (including phenoxy) is 10. The van der Waals surface area contributed by atoms with E-state index in [4.69, 9.17) is 47.4 Å². The Kier molecular flexibility index (Phi) is 12.5. The Balaban J connectivity index is 0.817. The Labute approximate surface area is 366 Å². The van der Waals surface area contributed by atoms with Crippen LogP contribution in [0.3, 0.4) is 0 Å². The number of aliphatic hydroxyl groups is 1. The van der Waals surface area contributed by atoms with Gasteiger partial charge in [0.15, 0.2) is 0 Å². The van der Waals surface area contributed by atoms with Crippen molar-refractivity contribution in [2.24, 2.45) is 11.8 Å². The molecule has 0 aromatic carbocycles. The number of aldehydes is 1. The molecule has 8 saturated heterocycles. The van der Waals surface area contributed by atoms with Crippen LogP contribution in [0, 0.1) is 11.8 Å². The summed E-state index contributed by atoms with van der Waals surface area (Å²) >= 11 is 0. The Morgan fingerprint density at radius 2 is 1.42 bits per heavy atom. The second kappa shape index (κ2) is 17.6. The second-order valence-electron chi connectivity index (χ2n) is 21.2. The van der Waals surface area contributed by atoms with Crippen LogP contribution in [0.2, 0.25) is 0 Å². The van der Waals surface area contributed by atoms with Crippen LogP contribution in [0.15, 0.2) is 36.5 Å². The van der Waals surface area contributed by atoms with E-state index < -0.39 is 23.4 Å². The van der Waals surface area contributed by atoms with Gasteiger partial charge < -0.3 is 52.5 Å². The van der Waals surface area contributed by atoms with Crippen LogP contribution in [0.1, 0.15) is 124 Å². The molecule has 22 atom stereocenters. The highest BCUT2D eigenvalue weighted by atomic mass is 16.6. The monoisotopic (exact) mass is 866 g/mol. The summed E-state index contributed by atoms with van der Waals surface area (Å²) in [5.41, 5.74) is -0.638. The highest BCUT2D eigenvalue weighted by Gasteiger charge is 2.57. The first-order valence-electron chi connectivity index (χ1n) is 24.1. The van der Waals surface area contributed by atoms with Gasteiger partial charge in [0.2, 0.25) is 0 Å². The highest BCUT2D eigenvalue weighted by molar-refractivity contribution is 5.72. The number of fused-ring (bicyclic) bond motifs is 9. The van der Waals surface area contributed by atoms with E-state index in [9.17, 15) is 14.7 Å².